The molecule has 0 atom stereocenters. The fraction of sp³-hybridized carbons (Fsp3) is 0.276. The average molecular weight is 1380 g/mol. The van der Waals surface area contributed by atoms with Gasteiger partial charge in [0.15, 0.2) is 34.8 Å². The van der Waals surface area contributed by atoms with E-state index in [-0.39, 0.29) is 97.3 Å². The Morgan fingerprint density at radius 1 is 0.382 bits per heavy atom. The molecule has 492 valence electrons. The molecule has 0 aliphatic rings. The van der Waals surface area contributed by atoms with Crippen LogP contribution in [0.15, 0.2) is 96.1 Å². The van der Waals surface area contributed by atoms with Crippen LogP contribution in [-0.2, 0) is 0 Å². The summed E-state index contributed by atoms with van der Waals surface area (Å²) >= 11 is 6.39. The molecular formula is C58H71B7F17OS6-7. The van der Waals surface area contributed by atoms with E-state index in [1.807, 2.05) is 20.8 Å². The number of hydrogen-bond donors (Lipinski definition) is 0. The number of thioether (sulfide) groups is 6. The van der Waals surface area contributed by atoms with Crippen molar-refractivity contribution >= 4 is 164 Å². The van der Waals surface area contributed by atoms with E-state index < -0.39 is 113 Å². The smallest absolute Gasteiger partial charge is 0.191 e. The van der Waals surface area contributed by atoms with Crippen LogP contribution in [0.4, 0.5) is 74.6 Å². The van der Waals surface area contributed by atoms with Crippen molar-refractivity contribution in [3.63, 3.8) is 0 Å². The Kier molecular flexibility index (Phi) is 37.1. The van der Waals surface area contributed by atoms with Crippen molar-refractivity contribution in [2.24, 2.45) is 0 Å². The molecule has 0 amide bonds. The Morgan fingerprint density at radius 3 is 1.00 bits per heavy atom. The second kappa shape index (κ2) is 40.0. The lowest BCUT2D eigenvalue weighted by molar-refractivity contribution is 0.117. The molecule has 89 heavy (non-hydrogen) atoms. The molecule has 7 rings (SSSR count). The molecule has 0 aromatic heterocycles. The first-order chi connectivity index (χ1) is 41.3. The molecule has 0 aliphatic heterocycles. The second-order valence-corrected chi connectivity index (χ2v) is 22.7. The summed E-state index contributed by atoms with van der Waals surface area (Å²) in [5, 5.41) is 0.207. The quantitative estimate of drug-likeness (QED) is 0.0399. The topological polar surface area (TPSA) is 9.23 Å². The minimum atomic E-state index is -1.27. The fourth-order valence-corrected chi connectivity index (χ4v) is 9.28. The van der Waals surface area contributed by atoms with Crippen molar-refractivity contribution in [1.82, 2.24) is 0 Å². The zero-order valence-electron chi connectivity index (χ0n) is 45.0. The van der Waals surface area contributed by atoms with E-state index in [1.54, 1.807) is 27.0 Å². The molecule has 0 heterocycles. The molecule has 0 spiro atoms. The number of unbranched alkanes of at least 4 members (excludes halogenated alkanes) is 1. The molecule has 0 saturated carbocycles. The number of benzene rings is 7. The highest BCUT2D eigenvalue weighted by atomic mass is 32.2. The van der Waals surface area contributed by atoms with E-state index in [0.29, 0.717) is 17.5 Å². The van der Waals surface area contributed by atoms with Crippen LogP contribution in [0.2, 0.25) is 0 Å². The molecule has 0 unspecified atom stereocenters. The first kappa shape index (κ1) is 82.7. The summed E-state index contributed by atoms with van der Waals surface area (Å²) < 4.78 is 227. The van der Waals surface area contributed by atoms with Crippen LogP contribution >= 0.6 is 70.6 Å². The predicted octanol–water partition coefficient (Wildman–Crippen LogP) is 7.95. The zero-order valence-corrected chi connectivity index (χ0v) is 49.9. The molecule has 0 aliphatic carbocycles. The largest absolute Gasteiger partial charge is 0.482 e. The molecule has 0 fully saturated rings. The van der Waals surface area contributed by atoms with Crippen molar-refractivity contribution in [1.29, 1.82) is 0 Å². The molecule has 1 nitrogen and oxygen atoms in total. The van der Waals surface area contributed by atoms with Gasteiger partial charge in [0.2, 0.25) is 0 Å². The lowest BCUT2D eigenvalue weighted by atomic mass is 9.94. The predicted molar refractivity (Wildman–Crippen MR) is 370 cm³/mol. The monoisotopic (exact) mass is 1380 g/mol. The molecule has 7 aromatic rings. The van der Waals surface area contributed by atoms with Gasteiger partial charge in [-0.05, 0) is 112 Å². The third-order valence-corrected chi connectivity index (χ3v) is 14.2. The summed E-state index contributed by atoms with van der Waals surface area (Å²) in [6, 6.07) is 15.5. The standard InChI is InChI=1S/C10H14BF2O.C10H14BF2S.C9H12BF2S.C8H10BF2S.C7H6BF4S.C7H7BF3S.C7H8BF2S/c1-10(2,3)14-9-7(12)4-6(11)5-8(9)13;1-2-3-4-14-10-8(12)5-7(11)6-9(10)13;1-5(2)13-9-7(11)3-6(10)4-8(9)12;1-2-12-8-6(10)3-5(9)4-7(8)11;1-13-7-5(11)3(9)2(8)4(10)6(7)12;1-12-7-4(9)2-3(8)5(10)6(7)11;1-11-7-5(9)2-4(8)3-6(7)10/h4-5H,1-3,11H3;5-6H,2-4H2,1,11H3;3-5H,1-2,10H3;3-4H,2H2,1,9H3;1,8H3;2H,1,8H3;2-3H,1,8H3/q7*-1. The van der Waals surface area contributed by atoms with E-state index in [1.165, 1.54) is 108 Å². The van der Waals surface area contributed by atoms with Crippen LogP contribution in [0.3, 0.4) is 0 Å². The van der Waals surface area contributed by atoms with Gasteiger partial charge in [0.05, 0.1) is 29.4 Å². The van der Waals surface area contributed by atoms with E-state index in [0.717, 1.165) is 75.5 Å². The Hall–Kier alpha value is -4.30. The summed E-state index contributed by atoms with van der Waals surface area (Å²) in [6.07, 6.45) is 6.61. The highest BCUT2D eigenvalue weighted by Gasteiger charge is 2.21. The van der Waals surface area contributed by atoms with Gasteiger partial charge in [0.25, 0.3) is 0 Å². The summed E-state index contributed by atoms with van der Waals surface area (Å²) in [5.41, 5.74) is 3.53. The van der Waals surface area contributed by atoms with Gasteiger partial charge in [-0.1, -0.05) is 101 Å². The maximum absolute atomic E-state index is 13.3. The number of halogens is 17. The lowest BCUT2D eigenvalue weighted by Gasteiger charge is -2.22. The number of hydrogen-bond acceptors (Lipinski definition) is 7. The maximum atomic E-state index is 13.3. The van der Waals surface area contributed by atoms with Crippen LogP contribution in [0, 0.1) is 98.9 Å². The van der Waals surface area contributed by atoms with Crippen molar-refractivity contribution in [2.45, 2.75) is 102 Å². The van der Waals surface area contributed by atoms with Gasteiger partial charge in [-0.25, -0.2) is 102 Å². The van der Waals surface area contributed by atoms with Crippen molar-refractivity contribution < 1.29 is 79.4 Å². The van der Waals surface area contributed by atoms with Gasteiger partial charge in [-0.15, -0.1) is 76.0 Å². The van der Waals surface area contributed by atoms with Crippen LogP contribution in [0.25, 0.3) is 0 Å². The normalized spacial score (nSPS) is 10.7. The first-order valence-electron chi connectivity index (χ1n) is 23.3. The molecule has 7 aromatic carbocycles. The Morgan fingerprint density at radius 2 is 0.685 bits per heavy atom. The van der Waals surface area contributed by atoms with E-state index >= 15 is 0 Å². The Bertz CT molecular complexity index is 3320. The summed E-state index contributed by atoms with van der Waals surface area (Å²) in [6.45, 7) is 13.1. The van der Waals surface area contributed by atoms with Crippen LogP contribution in [0.5, 0.6) is 5.75 Å². The highest BCUT2D eigenvalue weighted by molar-refractivity contribution is 8.00. The maximum Gasteiger partial charge on any atom is 0.191 e. The summed E-state index contributed by atoms with van der Waals surface area (Å²) in [5.74, 6) is -10.7. The van der Waals surface area contributed by atoms with E-state index in [4.69, 9.17) is 4.74 Å². The van der Waals surface area contributed by atoms with E-state index in [2.05, 4.69) is 6.92 Å². The van der Waals surface area contributed by atoms with Crippen molar-refractivity contribution in [3.8, 4) is 5.75 Å². The van der Waals surface area contributed by atoms with Crippen LogP contribution in [-0.4, -0.2) is 96.0 Å². The molecule has 0 saturated heterocycles. The van der Waals surface area contributed by atoms with Gasteiger partial charge in [-0.3, -0.25) is 0 Å². The van der Waals surface area contributed by atoms with E-state index in [9.17, 15) is 74.6 Å². The Balaban J connectivity index is 0.000000520. The van der Waals surface area contributed by atoms with Crippen LogP contribution in [0.1, 0.15) is 61.3 Å². The molecular weight excluding hydrogens is 1300 g/mol. The first-order valence-corrected chi connectivity index (χ1v) is 29.8. The van der Waals surface area contributed by atoms with Crippen LogP contribution < -0.4 is 43.0 Å². The molecule has 0 radical (unpaired) electrons. The lowest BCUT2D eigenvalue weighted by Crippen LogP contribution is -2.25. The third-order valence-electron chi connectivity index (χ3n) is 8.62. The molecule has 31 heteroatoms. The minimum absolute atomic E-state index is 0.102. The van der Waals surface area contributed by atoms with Gasteiger partial charge < -0.3 is 4.74 Å². The van der Waals surface area contributed by atoms with Gasteiger partial charge >= 0.3 is 0 Å². The second-order valence-electron chi connectivity index (χ2n) is 16.3. The van der Waals surface area contributed by atoms with Gasteiger partial charge in [-0.2, -0.15) is 5.46 Å². The minimum Gasteiger partial charge on any atom is -0.482 e. The van der Waals surface area contributed by atoms with Crippen molar-refractivity contribution in [3.05, 3.63) is 166 Å². The SMILES string of the molecule is [BH3-]c1c(F)c(F)c(SC)c(F)c1F.[BH3-]c1cc(F)c(OC(C)(C)C)c(F)c1.[BH3-]c1cc(F)c(SC(C)C)c(F)c1.[BH3-]c1cc(F)c(SC)c(F)c1.[BH3-]c1cc(F)c(SC)c(F)c1F.[BH3-]c1cc(F)c(SCC)c(F)c1.[BH3-]c1cc(F)c(SCCCC)c(F)c1. The third kappa shape index (κ3) is 27.4. The van der Waals surface area contributed by atoms with Gasteiger partial charge in [0, 0.05) is 5.25 Å². The Labute approximate surface area is 542 Å². The number of rotatable bonds is 12. The number of ether oxygens (including phenoxy) is 1. The fourth-order valence-electron chi connectivity index (χ4n) is 5.18. The summed E-state index contributed by atoms with van der Waals surface area (Å²) in [7, 11) is -2.03. The van der Waals surface area contributed by atoms with Crippen molar-refractivity contribution in [2.75, 3.05) is 30.3 Å². The molecule has 0 bridgehead atoms. The zero-order chi connectivity index (χ0) is 68.5. The highest BCUT2D eigenvalue weighted by Crippen LogP contribution is 2.30. The van der Waals surface area contributed by atoms with Gasteiger partial charge in [0.1, 0.15) is 75.4 Å². The molecule has 0 N–H and O–H groups in total. The summed E-state index contributed by atoms with van der Waals surface area (Å²) in [4.78, 5) is -0.147. The average Bonchev–Trinajstić information content (AvgIpc) is 1.29.